The topological polar surface area (TPSA) is 25.5 Å². The number of likely N-dealkylation sites (N-methyl/N-ethyl adjacent to an activating group) is 1. The van der Waals surface area contributed by atoms with Gasteiger partial charge in [-0.15, -0.1) is 0 Å². The maximum Gasteiger partial charge on any atom is 0.163 e. The van der Waals surface area contributed by atoms with Gasteiger partial charge in [0.15, 0.2) is 6.04 Å². The predicted octanol–water partition coefficient (Wildman–Crippen LogP) is -2.64. The van der Waals surface area contributed by atoms with E-state index in [1.807, 2.05) is 6.07 Å². The largest absolute Gasteiger partial charge is 0.337 e. The summed E-state index contributed by atoms with van der Waals surface area (Å²) < 4.78 is 13.3. The first-order chi connectivity index (χ1) is 8.74. The quantitative estimate of drug-likeness (QED) is 0.487. The molecule has 0 radical (unpaired) electrons. The Balaban J connectivity index is 1.82. The number of rotatable bonds is 1. The summed E-state index contributed by atoms with van der Waals surface area (Å²) in [5.41, 5.74) is 2.58. The van der Waals surface area contributed by atoms with E-state index in [-0.39, 0.29) is 5.82 Å². The molecule has 0 amide bonds. The van der Waals surface area contributed by atoms with Crippen molar-refractivity contribution in [3.05, 3.63) is 35.1 Å². The van der Waals surface area contributed by atoms with Crippen LogP contribution in [0.3, 0.4) is 0 Å². The molecule has 0 spiro atoms. The molecule has 18 heavy (non-hydrogen) atoms. The summed E-state index contributed by atoms with van der Waals surface area (Å²) in [7, 11) is 2.27. The normalized spacial score (nSPS) is 32.0. The zero-order valence-electron chi connectivity index (χ0n) is 11.0. The molecule has 3 nitrogen and oxygen atoms in total. The second-order valence-electron chi connectivity index (χ2n) is 5.74. The molecular formula is C14H23FN3+3. The van der Waals surface area contributed by atoms with Crippen molar-refractivity contribution in [1.82, 2.24) is 0 Å². The van der Waals surface area contributed by atoms with Crippen LogP contribution in [0.4, 0.5) is 4.39 Å². The number of benzene rings is 1. The van der Waals surface area contributed by atoms with Gasteiger partial charge in [0.2, 0.25) is 0 Å². The highest BCUT2D eigenvalue weighted by Crippen LogP contribution is 2.18. The number of hydrogen-bond acceptors (Lipinski definition) is 0. The van der Waals surface area contributed by atoms with Gasteiger partial charge in [0.25, 0.3) is 0 Å². The smallest absolute Gasteiger partial charge is 0.163 e. The Morgan fingerprint density at radius 1 is 1.22 bits per heavy atom. The lowest BCUT2D eigenvalue weighted by Crippen LogP contribution is -3.28. The van der Waals surface area contributed by atoms with Crippen molar-refractivity contribution in [3.8, 4) is 0 Å². The number of nitrogens with two attached hydrogens (primary N) is 1. The molecule has 1 aromatic carbocycles. The van der Waals surface area contributed by atoms with Crippen LogP contribution in [-0.4, -0.2) is 39.8 Å². The van der Waals surface area contributed by atoms with Gasteiger partial charge in [0.1, 0.15) is 45.1 Å². The van der Waals surface area contributed by atoms with Gasteiger partial charge in [-0.3, -0.25) is 0 Å². The van der Waals surface area contributed by atoms with Crippen molar-refractivity contribution in [1.29, 1.82) is 0 Å². The van der Waals surface area contributed by atoms with Crippen molar-refractivity contribution in [2.24, 2.45) is 0 Å². The molecule has 0 saturated carbocycles. The lowest BCUT2D eigenvalue weighted by Gasteiger charge is -2.35. The van der Waals surface area contributed by atoms with E-state index in [9.17, 15) is 4.39 Å². The number of nitrogens with one attached hydrogen (secondary N) is 2. The molecule has 1 atom stereocenters. The van der Waals surface area contributed by atoms with E-state index in [0.717, 1.165) is 13.1 Å². The summed E-state index contributed by atoms with van der Waals surface area (Å²) in [5, 5.41) is 2.32. The highest BCUT2D eigenvalue weighted by molar-refractivity contribution is 5.30. The maximum atomic E-state index is 13.3. The molecule has 4 heteroatoms. The van der Waals surface area contributed by atoms with Gasteiger partial charge in [-0.05, 0) is 18.2 Å². The molecular weight excluding hydrogens is 229 g/mol. The fourth-order valence-corrected chi connectivity index (χ4v) is 3.36. The summed E-state index contributed by atoms with van der Waals surface area (Å²) in [6.45, 7) is 7.06. The van der Waals surface area contributed by atoms with Crippen LogP contribution in [0, 0.1) is 5.82 Å². The molecule has 1 aromatic rings. The number of fused-ring (bicyclic) bond motifs is 1. The van der Waals surface area contributed by atoms with Crippen LogP contribution >= 0.6 is 0 Å². The third-order valence-corrected chi connectivity index (χ3v) is 4.49. The van der Waals surface area contributed by atoms with Crippen molar-refractivity contribution in [2.45, 2.75) is 12.6 Å². The first-order valence-electron chi connectivity index (χ1n) is 7.00. The highest BCUT2D eigenvalue weighted by atomic mass is 19.1. The molecule has 2 aliphatic heterocycles. The number of piperazine rings is 1. The molecule has 1 saturated heterocycles. The third kappa shape index (κ3) is 2.28. The van der Waals surface area contributed by atoms with Crippen LogP contribution in [0.15, 0.2) is 18.2 Å². The average Bonchev–Trinajstić information content (AvgIpc) is 2.38. The molecule has 2 heterocycles. The summed E-state index contributed by atoms with van der Waals surface area (Å²) in [5.74, 6) is -0.0966. The van der Waals surface area contributed by atoms with E-state index in [1.54, 1.807) is 21.9 Å². The van der Waals surface area contributed by atoms with Gasteiger partial charge < -0.3 is 15.1 Å². The Labute approximate surface area is 108 Å². The van der Waals surface area contributed by atoms with E-state index in [2.05, 4.69) is 12.4 Å². The van der Waals surface area contributed by atoms with Gasteiger partial charge in [0.05, 0.1) is 7.05 Å². The number of hydrogen-bond donors (Lipinski definition) is 3. The second kappa shape index (κ2) is 4.96. The predicted molar refractivity (Wildman–Crippen MR) is 67.0 cm³/mol. The summed E-state index contributed by atoms with van der Waals surface area (Å²) in [6, 6.07) is 5.92. The zero-order chi connectivity index (χ0) is 12.5. The molecule has 4 N–H and O–H groups in total. The molecule has 0 aliphatic carbocycles. The van der Waals surface area contributed by atoms with E-state index < -0.39 is 0 Å². The Kier molecular flexibility index (Phi) is 3.33. The lowest BCUT2D eigenvalue weighted by molar-refractivity contribution is -1.03. The minimum atomic E-state index is -0.0966. The molecule has 1 fully saturated rings. The summed E-state index contributed by atoms with van der Waals surface area (Å²) in [6.07, 6.45) is 0. The van der Waals surface area contributed by atoms with Crippen LogP contribution < -0.4 is 15.1 Å². The van der Waals surface area contributed by atoms with Gasteiger partial charge in [-0.1, -0.05) is 0 Å². The van der Waals surface area contributed by atoms with Crippen molar-refractivity contribution in [3.63, 3.8) is 0 Å². The highest BCUT2D eigenvalue weighted by Gasteiger charge is 2.34. The van der Waals surface area contributed by atoms with Crippen molar-refractivity contribution >= 4 is 0 Å². The first kappa shape index (κ1) is 12.1. The monoisotopic (exact) mass is 252 g/mol. The van der Waals surface area contributed by atoms with Gasteiger partial charge in [-0.25, -0.2) is 4.39 Å². The Hall–Kier alpha value is -0.970. The molecule has 98 valence electrons. The van der Waals surface area contributed by atoms with Gasteiger partial charge in [0, 0.05) is 11.1 Å². The second-order valence-corrected chi connectivity index (χ2v) is 5.74. The molecule has 2 aliphatic rings. The maximum absolute atomic E-state index is 13.3. The molecule has 0 bridgehead atoms. The van der Waals surface area contributed by atoms with Crippen LogP contribution in [0.2, 0.25) is 0 Å². The van der Waals surface area contributed by atoms with Crippen molar-refractivity contribution in [2.75, 3.05) is 39.8 Å². The first-order valence-corrected chi connectivity index (χ1v) is 7.00. The Morgan fingerprint density at radius 3 is 2.78 bits per heavy atom. The van der Waals surface area contributed by atoms with Gasteiger partial charge >= 0.3 is 0 Å². The Bertz CT molecular complexity index is 427. The molecule has 0 aromatic heterocycles. The van der Waals surface area contributed by atoms with Crippen molar-refractivity contribution < 1.29 is 19.5 Å². The standard InChI is InChI=1S/C14H20FN3/c1-17-4-6-18(7-5-17)14-10-16-9-11-8-12(15)2-3-13(11)14/h2-3,8,14,16H,4-7,9-10H2,1H3/p+3/t14-/m0/s1. The molecule has 0 unspecified atom stereocenters. The fourth-order valence-electron chi connectivity index (χ4n) is 3.36. The number of quaternary nitrogens is 3. The number of halogens is 1. The minimum Gasteiger partial charge on any atom is -0.337 e. The van der Waals surface area contributed by atoms with E-state index in [0.29, 0.717) is 6.04 Å². The van der Waals surface area contributed by atoms with Gasteiger partial charge in [-0.2, -0.15) is 0 Å². The fraction of sp³-hybridized carbons (Fsp3) is 0.571. The van der Waals surface area contributed by atoms with Crippen LogP contribution in [0.25, 0.3) is 0 Å². The summed E-state index contributed by atoms with van der Waals surface area (Å²) >= 11 is 0. The zero-order valence-corrected chi connectivity index (χ0v) is 11.0. The van der Waals surface area contributed by atoms with E-state index in [4.69, 9.17) is 0 Å². The van der Waals surface area contributed by atoms with E-state index >= 15 is 0 Å². The third-order valence-electron chi connectivity index (χ3n) is 4.49. The lowest BCUT2D eigenvalue weighted by atomic mass is 9.95. The van der Waals surface area contributed by atoms with Crippen LogP contribution in [0.1, 0.15) is 17.2 Å². The van der Waals surface area contributed by atoms with Crippen LogP contribution in [0.5, 0.6) is 0 Å². The van der Waals surface area contributed by atoms with Crippen LogP contribution in [-0.2, 0) is 6.54 Å². The SMILES string of the molecule is C[NH+]1CC[NH+]([C@H]2C[NH2+]Cc3cc(F)ccc32)CC1. The minimum absolute atomic E-state index is 0.0966. The Morgan fingerprint density at radius 2 is 2.00 bits per heavy atom. The van der Waals surface area contributed by atoms with E-state index in [1.165, 1.54) is 37.3 Å². The molecule has 3 rings (SSSR count). The average molecular weight is 252 g/mol. The summed E-state index contributed by atoms with van der Waals surface area (Å²) in [4.78, 5) is 3.32.